The lowest BCUT2D eigenvalue weighted by atomic mass is 10.2. The van der Waals surface area contributed by atoms with E-state index >= 15 is 0 Å². The monoisotopic (exact) mass is 377 g/mol. The molecule has 0 unspecified atom stereocenters. The zero-order chi connectivity index (χ0) is 18.9. The third-order valence-electron chi connectivity index (χ3n) is 4.86. The summed E-state index contributed by atoms with van der Waals surface area (Å²) in [5, 5.41) is 6.68. The van der Waals surface area contributed by atoms with Gasteiger partial charge in [-0.25, -0.2) is 8.42 Å². The van der Waals surface area contributed by atoms with Gasteiger partial charge in [0.25, 0.3) is 10.0 Å². The number of nitrogens with one attached hydrogen (secondary N) is 2. The van der Waals surface area contributed by atoms with Gasteiger partial charge in [-0.3, -0.25) is 14.7 Å². The van der Waals surface area contributed by atoms with Crippen LogP contribution in [0.25, 0.3) is 0 Å². The first-order valence-corrected chi connectivity index (χ1v) is 10.4. The minimum Gasteiger partial charge on any atom is -0.369 e. The highest BCUT2D eigenvalue weighted by Crippen LogP contribution is 2.24. The van der Waals surface area contributed by atoms with Crippen molar-refractivity contribution in [1.29, 1.82) is 0 Å². The van der Waals surface area contributed by atoms with Crippen molar-refractivity contribution >= 4 is 21.4 Å². The largest absolute Gasteiger partial charge is 0.369 e. The van der Waals surface area contributed by atoms with E-state index < -0.39 is 10.0 Å². The summed E-state index contributed by atoms with van der Waals surface area (Å²) < 4.78 is 27.8. The molecule has 0 atom stereocenters. The SMILES string of the molecule is Cc1n[nH]c(C)c1S(=O)(=O)Nc1ccc(N2CCN(C(C)C)CC2)cc1. The smallest absolute Gasteiger partial charge is 0.265 e. The van der Waals surface area contributed by atoms with Crippen LogP contribution in [0.5, 0.6) is 0 Å². The quantitative estimate of drug-likeness (QED) is 0.836. The fraction of sp³-hybridized carbons (Fsp3) is 0.500. The Hall–Kier alpha value is -2.06. The Kier molecular flexibility index (Phi) is 5.24. The van der Waals surface area contributed by atoms with Crippen molar-refractivity contribution in [2.45, 2.75) is 38.6 Å². The molecule has 142 valence electrons. The molecule has 2 aromatic rings. The molecular formula is C18H27N5O2S. The number of aromatic amines is 1. The van der Waals surface area contributed by atoms with Gasteiger partial charge in [0.2, 0.25) is 0 Å². The molecule has 0 aliphatic carbocycles. The first-order chi connectivity index (χ1) is 12.3. The van der Waals surface area contributed by atoms with Gasteiger partial charge in [0, 0.05) is 43.6 Å². The van der Waals surface area contributed by atoms with E-state index in [0.717, 1.165) is 31.9 Å². The molecule has 1 aliphatic heterocycles. The van der Waals surface area contributed by atoms with Gasteiger partial charge < -0.3 is 4.90 Å². The molecule has 1 aromatic heterocycles. The molecule has 0 amide bonds. The summed E-state index contributed by atoms with van der Waals surface area (Å²) >= 11 is 0. The fourth-order valence-electron chi connectivity index (χ4n) is 3.38. The van der Waals surface area contributed by atoms with Crippen molar-refractivity contribution in [3.05, 3.63) is 35.7 Å². The number of H-pyrrole nitrogens is 1. The second kappa shape index (κ2) is 7.28. The summed E-state index contributed by atoms with van der Waals surface area (Å²) in [7, 11) is -3.65. The van der Waals surface area contributed by atoms with Gasteiger partial charge in [0.15, 0.2) is 0 Å². The number of hydrogen-bond donors (Lipinski definition) is 2. The number of sulfonamides is 1. The fourth-order valence-corrected chi connectivity index (χ4v) is 4.81. The van der Waals surface area contributed by atoms with Crippen LogP contribution in [0.4, 0.5) is 11.4 Å². The van der Waals surface area contributed by atoms with Crippen LogP contribution in [0.2, 0.25) is 0 Å². The molecule has 0 spiro atoms. The topological polar surface area (TPSA) is 81.3 Å². The van der Waals surface area contributed by atoms with Crippen LogP contribution >= 0.6 is 0 Å². The predicted octanol–water partition coefficient (Wildman–Crippen LogP) is 2.36. The van der Waals surface area contributed by atoms with Crippen LogP contribution in [0.1, 0.15) is 25.2 Å². The van der Waals surface area contributed by atoms with Gasteiger partial charge >= 0.3 is 0 Å². The average Bonchev–Trinajstić information content (AvgIpc) is 2.95. The van der Waals surface area contributed by atoms with E-state index in [4.69, 9.17) is 0 Å². The summed E-state index contributed by atoms with van der Waals surface area (Å²) in [5.41, 5.74) is 2.67. The van der Waals surface area contributed by atoms with E-state index in [9.17, 15) is 8.42 Å². The van der Waals surface area contributed by atoms with Crippen molar-refractivity contribution in [3.63, 3.8) is 0 Å². The molecule has 2 N–H and O–H groups in total. The number of aryl methyl sites for hydroxylation is 2. The molecule has 3 rings (SSSR count). The molecule has 7 nitrogen and oxygen atoms in total. The maximum absolute atomic E-state index is 12.6. The molecular weight excluding hydrogens is 350 g/mol. The van der Waals surface area contributed by atoms with Crippen LogP contribution in [0, 0.1) is 13.8 Å². The second-order valence-electron chi connectivity index (χ2n) is 7.03. The van der Waals surface area contributed by atoms with Gasteiger partial charge in [-0.1, -0.05) is 0 Å². The van der Waals surface area contributed by atoms with Gasteiger partial charge in [0.1, 0.15) is 4.90 Å². The Morgan fingerprint density at radius 2 is 1.69 bits per heavy atom. The lowest BCUT2D eigenvalue weighted by Crippen LogP contribution is -2.48. The number of aromatic nitrogens is 2. The number of rotatable bonds is 5. The van der Waals surface area contributed by atoms with E-state index in [2.05, 4.69) is 38.6 Å². The lowest BCUT2D eigenvalue weighted by Gasteiger charge is -2.38. The molecule has 0 saturated carbocycles. The summed E-state index contributed by atoms with van der Waals surface area (Å²) in [6.45, 7) is 11.9. The Morgan fingerprint density at radius 3 is 2.19 bits per heavy atom. The third kappa shape index (κ3) is 3.86. The summed E-state index contributed by atoms with van der Waals surface area (Å²) in [6, 6.07) is 8.14. The number of benzene rings is 1. The molecule has 0 bridgehead atoms. The Morgan fingerprint density at radius 1 is 1.08 bits per heavy atom. The molecule has 1 saturated heterocycles. The van der Waals surface area contributed by atoms with E-state index in [1.807, 2.05) is 24.3 Å². The predicted molar refractivity (Wildman–Crippen MR) is 104 cm³/mol. The van der Waals surface area contributed by atoms with Gasteiger partial charge in [-0.2, -0.15) is 5.10 Å². The zero-order valence-electron chi connectivity index (χ0n) is 15.8. The minimum atomic E-state index is -3.65. The van der Waals surface area contributed by atoms with E-state index in [1.54, 1.807) is 13.8 Å². The van der Waals surface area contributed by atoms with E-state index in [-0.39, 0.29) is 4.90 Å². The first kappa shape index (κ1) is 18.7. The maximum atomic E-state index is 12.6. The van der Waals surface area contributed by atoms with Gasteiger partial charge in [-0.15, -0.1) is 0 Å². The molecule has 8 heteroatoms. The van der Waals surface area contributed by atoms with Crippen molar-refractivity contribution in [2.75, 3.05) is 35.8 Å². The second-order valence-corrected chi connectivity index (χ2v) is 8.65. The standard InChI is InChI=1S/C18H27N5O2S/c1-13(2)22-9-11-23(12-10-22)17-7-5-16(6-8-17)21-26(24,25)18-14(3)19-20-15(18)4/h5-8,13,21H,9-12H2,1-4H3,(H,19,20). The van der Waals surface area contributed by atoms with Crippen molar-refractivity contribution < 1.29 is 8.42 Å². The van der Waals surface area contributed by atoms with Crippen LogP contribution < -0.4 is 9.62 Å². The first-order valence-electron chi connectivity index (χ1n) is 8.91. The van der Waals surface area contributed by atoms with Crippen molar-refractivity contribution in [2.24, 2.45) is 0 Å². The normalized spacial score (nSPS) is 16.3. The highest BCUT2D eigenvalue weighted by atomic mass is 32.2. The molecule has 26 heavy (non-hydrogen) atoms. The summed E-state index contributed by atoms with van der Waals surface area (Å²) in [5.74, 6) is 0. The Labute approximate surface area is 155 Å². The van der Waals surface area contributed by atoms with Crippen LogP contribution in [-0.4, -0.2) is 55.7 Å². The van der Waals surface area contributed by atoms with E-state index in [0.29, 0.717) is 23.1 Å². The molecule has 2 heterocycles. The zero-order valence-corrected chi connectivity index (χ0v) is 16.6. The number of hydrogen-bond acceptors (Lipinski definition) is 5. The summed E-state index contributed by atoms with van der Waals surface area (Å²) in [6.07, 6.45) is 0. The van der Waals surface area contributed by atoms with Gasteiger partial charge in [-0.05, 0) is 52.0 Å². The highest BCUT2D eigenvalue weighted by molar-refractivity contribution is 7.92. The van der Waals surface area contributed by atoms with E-state index in [1.165, 1.54) is 0 Å². The molecule has 1 fully saturated rings. The molecule has 0 radical (unpaired) electrons. The number of nitrogens with zero attached hydrogens (tertiary/aromatic N) is 3. The number of anilines is 2. The molecule has 1 aliphatic rings. The van der Waals surface area contributed by atoms with Crippen molar-refractivity contribution in [3.8, 4) is 0 Å². The number of piperazine rings is 1. The van der Waals surface area contributed by atoms with Gasteiger partial charge in [0.05, 0.1) is 11.4 Å². The van der Waals surface area contributed by atoms with Crippen LogP contribution in [-0.2, 0) is 10.0 Å². The minimum absolute atomic E-state index is 0.214. The van der Waals surface area contributed by atoms with Crippen molar-refractivity contribution in [1.82, 2.24) is 15.1 Å². The molecule has 1 aromatic carbocycles. The maximum Gasteiger partial charge on any atom is 0.265 e. The third-order valence-corrected chi connectivity index (χ3v) is 6.50. The summed E-state index contributed by atoms with van der Waals surface area (Å²) in [4.78, 5) is 5.02. The highest BCUT2D eigenvalue weighted by Gasteiger charge is 2.23. The van der Waals surface area contributed by atoms with Crippen LogP contribution in [0.15, 0.2) is 29.2 Å². The Bertz CT molecular complexity index is 831. The average molecular weight is 378 g/mol. The van der Waals surface area contributed by atoms with Crippen LogP contribution in [0.3, 0.4) is 0 Å². The lowest BCUT2D eigenvalue weighted by molar-refractivity contribution is 0.209. The Balaban J connectivity index is 1.69.